The summed E-state index contributed by atoms with van der Waals surface area (Å²) in [5.41, 5.74) is 9.53. The number of aryl methyl sites for hydroxylation is 2. The monoisotopic (exact) mass is 285 g/mol. The molecule has 21 heavy (non-hydrogen) atoms. The van der Waals surface area contributed by atoms with Crippen molar-refractivity contribution in [2.45, 2.75) is 40.2 Å². The molecule has 0 radical (unpaired) electrons. The van der Waals surface area contributed by atoms with E-state index >= 15 is 0 Å². The van der Waals surface area contributed by atoms with Gasteiger partial charge in [0, 0.05) is 5.69 Å². The van der Waals surface area contributed by atoms with Crippen molar-refractivity contribution in [1.82, 2.24) is 4.98 Å². The summed E-state index contributed by atoms with van der Waals surface area (Å²) in [6, 6.07) is 9.93. The lowest BCUT2D eigenvalue weighted by Crippen LogP contribution is -2.24. The van der Waals surface area contributed by atoms with Crippen LogP contribution in [-0.2, 0) is 0 Å². The normalized spacial score (nSPS) is 11.3. The van der Waals surface area contributed by atoms with Crippen LogP contribution < -0.4 is 15.8 Å². The molecule has 2 aromatic rings. The molecule has 0 aliphatic rings. The fourth-order valence-electron chi connectivity index (χ4n) is 1.90. The lowest BCUT2D eigenvalue weighted by molar-refractivity contribution is 0.125. The third kappa shape index (κ3) is 4.12. The lowest BCUT2D eigenvalue weighted by Gasteiger charge is -2.22. The van der Waals surface area contributed by atoms with Gasteiger partial charge in [-0.2, -0.15) is 4.98 Å². The van der Waals surface area contributed by atoms with Crippen LogP contribution in [0.25, 0.3) is 0 Å². The molecule has 0 saturated carbocycles. The number of pyridine rings is 1. The van der Waals surface area contributed by atoms with Gasteiger partial charge in [0.2, 0.25) is 5.88 Å². The second-order valence-electron chi connectivity index (χ2n) is 6.25. The molecule has 1 aromatic heterocycles. The Morgan fingerprint density at radius 1 is 1.10 bits per heavy atom. The molecule has 4 nitrogen and oxygen atoms in total. The fourth-order valence-corrected chi connectivity index (χ4v) is 1.90. The van der Waals surface area contributed by atoms with Gasteiger partial charge in [-0.25, -0.2) is 0 Å². The van der Waals surface area contributed by atoms with E-state index in [1.54, 1.807) is 0 Å². The van der Waals surface area contributed by atoms with Crippen molar-refractivity contribution < 1.29 is 4.74 Å². The van der Waals surface area contributed by atoms with Gasteiger partial charge < -0.3 is 15.8 Å². The Hall–Kier alpha value is -2.23. The molecular formula is C17H23N3O. The average molecular weight is 285 g/mol. The molecule has 0 bridgehead atoms. The Bertz CT molecular complexity index is 645. The summed E-state index contributed by atoms with van der Waals surface area (Å²) in [6.45, 7) is 10.0. The Morgan fingerprint density at radius 3 is 2.48 bits per heavy atom. The van der Waals surface area contributed by atoms with Gasteiger partial charge in [-0.1, -0.05) is 12.1 Å². The van der Waals surface area contributed by atoms with E-state index in [4.69, 9.17) is 10.5 Å². The van der Waals surface area contributed by atoms with E-state index in [1.165, 1.54) is 5.56 Å². The molecule has 0 aliphatic carbocycles. The van der Waals surface area contributed by atoms with Gasteiger partial charge in [0.15, 0.2) is 0 Å². The number of anilines is 3. The van der Waals surface area contributed by atoms with Crippen LogP contribution in [0.2, 0.25) is 0 Å². The maximum absolute atomic E-state index is 5.93. The minimum Gasteiger partial charge on any atom is -0.470 e. The first kappa shape index (κ1) is 15.2. The number of ether oxygens (including phenoxy) is 1. The molecule has 1 heterocycles. The summed E-state index contributed by atoms with van der Waals surface area (Å²) in [6.07, 6.45) is 0. The minimum absolute atomic E-state index is 0.334. The number of nitrogens with one attached hydrogen (secondary N) is 1. The van der Waals surface area contributed by atoms with Gasteiger partial charge in [-0.15, -0.1) is 0 Å². The summed E-state index contributed by atoms with van der Waals surface area (Å²) < 4.78 is 5.79. The van der Waals surface area contributed by atoms with Crippen LogP contribution in [0, 0.1) is 13.8 Å². The highest BCUT2D eigenvalue weighted by atomic mass is 16.5. The Kier molecular flexibility index (Phi) is 4.07. The van der Waals surface area contributed by atoms with E-state index in [9.17, 15) is 0 Å². The number of nitrogen functional groups attached to an aromatic ring is 1. The zero-order valence-corrected chi connectivity index (χ0v) is 13.3. The predicted octanol–water partition coefficient (Wildman–Crippen LogP) is 4.20. The van der Waals surface area contributed by atoms with E-state index in [0.717, 1.165) is 17.1 Å². The first-order valence-corrected chi connectivity index (χ1v) is 7.04. The Labute approximate surface area is 126 Å². The van der Waals surface area contributed by atoms with Crippen LogP contribution in [0.1, 0.15) is 31.9 Å². The highest BCUT2D eigenvalue weighted by Gasteiger charge is 2.15. The molecule has 3 N–H and O–H groups in total. The second-order valence-corrected chi connectivity index (χ2v) is 6.25. The van der Waals surface area contributed by atoms with Crippen molar-refractivity contribution >= 4 is 17.2 Å². The molecule has 1 aromatic carbocycles. The van der Waals surface area contributed by atoms with Crippen LogP contribution in [0.4, 0.5) is 17.2 Å². The number of nitrogens with two attached hydrogens (primary N) is 1. The van der Waals surface area contributed by atoms with Crippen molar-refractivity contribution in [3.63, 3.8) is 0 Å². The predicted molar refractivity (Wildman–Crippen MR) is 88.2 cm³/mol. The van der Waals surface area contributed by atoms with Crippen LogP contribution in [-0.4, -0.2) is 10.6 Å². The number of hydrogen-bond acceptors (Lipinski definition) is 4. The minimum atomic E-state index is -0.334. The summed E-state index contributed by atoms with van der Waals surface area (Å²) in [5, 5.41) is 3.32. The van der Waals surface area contributed by atoms with Crippen molar-refractivity contribution in [2.24, 2.45) is 0 Å². The fraction of sp³-hybridized carbons (Fsp3) is 0.353. The van der Waals surface area contributed by atoms with E-state index in [-0.39, 0.29) is 5.60 Å². The number of aromatic nitrogens is 1. The highest BCUT2D eigenvalue weighted by molar-refractivity contribution is 5.64. The maximum Gasteiger partial charge on any atom is 0.239 e. The van der Waals surface area contributed by atoms with Crippen molar-refractivity contribution in [3.05, 3.63) is 41.5 Å². The SMILES string of the molecule is Cc1ccc(C)c(Nc2ccc(N)c(OC(C)(C)C)n2)c1. The zero-order valence-electron chi connectivity index (χ0n) is 13.3. The van der Waals surface area contributed by atoms with Gasteiger partial charge >= 0.3 is 0 Å². The van der Waals surface area contributed by atoms with E-state index in [2.05, 4.69) is 42.3 Å². The van der Waals surface area contributed by atoms with Crippen LogP contribution in [0.15, 0.2) is 30.3 Å². The second kappa shape index (κ2) is 5.64. The van der Waals surface area contributed by atoms with Gasteiger partial charge in [-0.05, 0) is 63.9 Å². The van der Waals surface area contributed by atoms with Gasteiger partial charge in [0.25, 0.3) is 0 Å². The topological polar surface area (TPSA) is 60.2 Å². The maximum atomic E-state index is 5.93. The van der Waals surface area contributed by atoms with Crippen LogP contribution >= 0.6 is 0 Å². The number of hydrogen-bond donors (Lipinski definition) is 2. The molecule has 0 atom stereocenters. The standard InChI is InChI=1S/C17H23N3O/c1-11-6-7-12(2)14(10-11)19-15-9-8-13(18)16(20-15)21-17(3,4)5/h6-10H,18H2,1-5H3,(H,19,20). The van der Waals surface area contributed by atoms with E-state index in [1.807, 2.05) is 32.9 Å². The third-order valence-electron chi connectivity index (χ3n) is 2.95. The van der Waals surface area contributed by atoms with Gasteiger partial charge in [0.1, 0.15) is 11.4 Å². The third-order valence-corrected chi connectivity index (χ3v) is 2.95. The first-order valence-electron chi connectivity index (χ1n) is 7.04. The molecule has 4 heteroatoms. The lowest BCUT2D eigenvalue weighted by atomic mass is 10.1. The molecule has 0 unspecified atom stereocenters. The number of benzene rings is 1. The Balaban J connectivity index is 2.29. The summed E-state index contributed by atoms with van der Waals surface area (Å²) in [5.74, 6) is 1.18. The molecule has 0 spiro atoms. The van der Waals surface area contributed by atoms with Gasteiger partial charge in [0.05, 0.1) is 5.69 Å². The van der Waals surface area contributed by atoms with Crippen LogP contribution in [0.3, 0.4) is 0 Å². The molecule has 0 fully saturated rings. The summed E-state index contributed by atoms with van der Waals surface area (Å²) in [7, 11) is 0. The first-order chi connectivity index (χ1) is 9.74. The largest absolute Gasteiger partial charge is 0.470 e. The van der Waals surface area contributed by atoms with Crippen molar-refractivity contribution in [2.75, 3.05) is 11.1 Å². The molecular weight excluding hydrogens is 262 g/mol. The summed E-state index contributed by atoms with van der Waals surface area (Å²) >= 11 is 0. The molecule has 0 amide bonds. The zero-order chi connectivity index (χ0) is 15.6. The number of rotatable bonds is 3. The molecule has 0 aliphatic heterocycles. The van der Waals surface area contributed by atoms with Crippen LogP contribution in [0.5, 0.6) is 5.88 Å². The number of nitrogens with zero attached hydrogens (tertiary/aromatic N) is 1. The van der Waals surface area contributed by atoms with Gasteiger partial charge in [-0.3, -0.25) is 0 Å². The van der Waals surface area contributed by atoms with E-state index < -0.39 is 0 Å². The summed E-state index contributed by atoms with van der Waals surface area (Å²) in [4.78, 5) is 4.47. The highest BCUT2D eigenvalue weighted by Crippen LogP contribution is 2.27. The van der Waals surface area contributed by atoms with Crippen molar-refractivity contribution in [3.8, 4) is 5.88 Å². The molecule has 112 valence electrons. The Morgan fingerprint density at radius 2 is 1.81 bits per heavy atom. The molecule has 2 rings (SSSR count). The molecule has 0 saturated heterocycles. The van der Waals surface area contributed by atoms with Crippen molar-refractivity contribution in [1.29, 1.82) is 0 Å². The quantitative estimate of drug-likeness (QED) is 0.887. The smallest absolute Gasteiger partial charge is 0.239 e. The van der Waals surface area contributed by atoms with E-state index in [0.29, 0.717) is 11.6 Å². The average Bonchev–Trinajstić information content (AvgIpc) is 2.36.